The highest BCUT2D eigenvalue weighted by molar-refractivity contribution is 5.78. The third-order valence-electron chi connectivity index (χ3n) is 1.49. The molecule has 0 saturated carbocycles. The van der Waals surface area contributed by atoms with Gasteiger partial charge in [-0.2, -0.15) is 26.3 Å². The second kappa shape index (κ2) is 4.82. The van der Waals surface area contributed by atoms with E-state index in [4.69, 9.17) is 5.11 Å². The van der Waals surface area contributed by atoms with Gasteiger partial charge in [-0.3, -0.25) is 4.79 Å². The molecule has 0 fully saturated rings. The molecule has 15 heavy (non-hydrogen) atoms. The van der Waals surface area contributed by atoms with Crippen molar-refractivity contribution in [1.29, 1.82) is 0 Å². The second-order valence-electron chi connectivity index (χ2n) is 2.92. The van der Waals surface area contributed by atoms with Crippen molar-refractivity contribution in [2.45, 2.75) is 37.7 Å². The fourth-order valence-electron chi connectivity index (χ4n) is 0.715. The van der Waals surface area contributed by atoms with E-state index in [2.05, 4.69) is 0 Å². The molecule has 1 unspecified atom stereocenters. The Hall–Kier alpha value is -0.790. The van der Waals surface area contributed by atoms with Crippen LogP contribution in [0.5, 0.6) is 0 Å². The Kier molecular flexibility index (Phi) is 4.57. The van der Waals surface area contributed by atoms with Gasteiger partial charge in [-0.15, -0.1) is 0 Å². The standard InChI is InChI=1S/C7H8F6O2/c8-6(9,10)2-1-4(14)3-5(15)7(11,12)13/h5,15H,1-3H2. The first-order valence-corrected chi connectivity index (χ1v) is 3.85. The van der Waals surface area contributed by atoms with Crippen LogP contribution in [0.15, 0.2) is 0 Å². The average molecular weight is 238 g/mol. The van der Waals surface area contributed by atoms with Crippen LogP contribution in [0.2, 0.25) is 0 Å². The lowest BCUT2D eigenvalue weighted by atomic mass is 10.1. The molecule has 0 spiro atoms. The van der Waals surface area contributed by atoms with Gasteiger partial charge in [0.05, 0.1) is 6.42 Å². The van der Waals surface area contributed by atoms with Gasteiger partial charge in [0.1, 0.15) is 5.78 Å². The molecule has 0 aromatic rings. The summed E-state index contributed by atoms with van der Waals surface area (Å²) in [6, 6.07) is 0. The molecule has 0 bridgehead atoms. The minimum atomic E-state index is -4.98. The van der Waals surface area contributed by atoms with Crippen molar-refractivity contribution in [3.8, 4) is 0 Å². The van der Waals surface area contributed by atoms with Gasteiger partial charge in [0.2, 0.25) is 0 Å². The van der Waals surface area contributed by atoms with E-state index in [1.165, 1.54) is 0 Å². The predicted octanol–water partition coefficient (Wildman–Crippen LogP) is 2.21. The highest BCUT2D eigenvalue weighted by Crippen LogP contribution is 2.25. The topological polar surface area (TPSA) is 37.3 Å². The Bertz CT molecular complexity index is 219. The van der Waals surface area contributed by atoms with Gasteiger partial charge in [0.15, 0.2) is 6.10 Å². The molecule has 0 aliphatic heterocycles. The van der Waals surface area contributed by atoms with Gasteiger partial charge >= 0.3 is 12.4 Å². The number of ketones is 1. The summed E-state index contributed by atoms with van der Waals surface area (Å²) >= 11 is 0. The molecule has 0 aromatic carbocycles. The molecule has 1 N–H and O–H groups in total. The third-order valence-corrected chi connectivity index (χ3v) is 1.49. The Morgan fingerprint density at radius 1 is 1.13 bits per heavy atom. The van der Waals surface area contributed by atoms with E-state index in [0.29, 0.717) is 0 Å². The fourth-order valence-corrected chi connectivity index (χ4v) is 0.715. The lowest BCUT2D eigenvalue weighted by Crippen LogP contribution is -2.31. The summed E-state index contributed by atoms with van der Waals surface area (Å²) < 4.78 is 69.6. The zero-order valence-electron chi connectivity index (χ0n) is 7.32. The van der Waals surface area contributed by atoms with Crippen molar-refractivity contribution in [3.05, 3.63) is 0 Å². The van der Waals surface area contributed by atoms with Crippen molar-refractivity contribution in [2.24, 2.45) is 0 Å². The molecule has 2 nitrogen and oxygen atoms in total. The fraction of sp³-hybridized carbons (Fsp3) is 0.857. The number of carbonyl (C=O) groups excluding carboxylic acids is 1. The number of Topliss-reactive ketones (excluding diaryl/α,β-unsaturated/α-hetero) is 1. The molecule has 0 heterocycles. The first kappa shape index (κ1) is 14.2. The maximum Gasteiger partial charge on any atom is 0.414 e. The SMILES string of the molecule is O=C(CCC(F)(F)F)CC(O)C(F)(F)F. The second-order valence-corrected chi connectivity index (χ2v) is 2.92. The average Bonchev–Trinajstić information content (AvgIpc) is 1.97. The van der Waals surface area contributed by atoms with Crippen LogP contribution in [0.4, 0.5) is 26.3 Å². The summed E-state index contributed by atoms with van der Waals surface area (Å²) in [4.78, 5) is 10.6. The first-order chi connectivity index (χ1) is 6.52. The van der Waals surface area contributed by atoms with E-state index in [0.717, 1.165) is 0 Å². The van der Waals surface area contributed by atoms with Crippen LogP contribution in [0.3, 0.4) is 0 Å². The minimum absolute atomic E-state index is 1.04. The van der Waals surface area contributed by atoms with Crippen molar-refractivity contribution < 1.29 is 36.2 Å². The monoisotopic (exact) mass is 238 g/mol. The van der Waals surface area contributed by atoms with Gasteiger partial charge in [-0.05, 0) is 0 Å². The van der Waals surface area contributed by atoms with E-state index < -0.39 is 43.5 Å². The number of aliphatic hydroxyl groups excluding tert-OH is 1. The predicted molar refractivity (Wildman–Crippen MR) is 37.0 cm³/mol. The zero-order chi connectivity index (χ0) is 12.3. The summed E-state index contributed by atoms with van der Waals surface area (Å²) in [5, 5.41) is 8.36. The quantitative estimate of drug-likeness (QED) is 0.762. The van der Waals surface area contributed by atoms with Crippen LogP contribution >= 0.6 is 0 Å². The van der Waals surface area contributed by atoms with E-state index >= 15 is 0 Å². The van der Waals surface area contributed by atoms with E-state index in [9.17, 15) is 31.1 Å². The molecule has 1 atom stereocenters. The molecule has 0 aliphatic carbocycles. The highest BCUT2D eigenvalue weighted by Gasteiger charge is 2.39. The molecule has 0 aliphatic rings. The maximum atomic E-state index is 11.7. The third kappa shape index (κ3) is 7.18. The Labute approximate surface area is 80.9 Å². The van der Waals surface area contributed by atoms with Crippen molar-refractivity contribution in [3.63, 3.8) is 0 Å². The Morgan fingerprint density at radius 2 is 1.60 bits per heavy atom. The Balaban J connectivity index is 3.96. The lowest BCUT2D eigenvalue weighted by molar-refractivity contribution is -0.206. The van der Waals surface area contributed by atoms with Gasteiger partial charge in [0.25, 0.3) is 0 Å². The van der Waals surface area contributed by atoms with E-state index in [-0.39, 0.29) is 0 Å². The molecule has 0 saturated heterocycles. The van der Waals surface area contributed by atoms with Gasteiger partial charge < -0.3 is 5.11 Å². The van der Waals surface area contributed by atoms with Crippen LogP contribution in [0.1, 0.15) is 19.3 Å². The maximum absolute atomic E-state index is 11.7. The summed E-state index contributed by atoms with van der Waals surface area (Å²) in [7, 11) is 0. The van der Waals surface area contributed by atoms with Gasteiger partial charge in [-0.1, -0.05) is 0 Å². The number of aliphatic hydroxyl groups is 1. The van der Waals surface area contributed by atoms with Crippen LogP contribution in [-0.4, -0.2) is 29.3 Å². The smallest absolute Gasteiger partial charge is 0.383 e. The molecule has 90 valence electrons. The number of hydrogen-bond donors (Lipinski definition) is 1. The van der Waals surface area contributed by atoms with Crippen molar-refractivity contribution in [1.82, 2.24) is 0 Å². The number of carbonyl (C=O) groups is 1. The zero-order valence-corrected chi connectivity index (χ0v) is 7.32. The van der Waals surface area contributed by atoms with Crippen LogP contribution in [-0.2, 0) is 4.79 Å². The van der Waals surface area contributed by atoms with Gasteiger partial charge in [-0.25, -0.2) is 0 Å². The normalized spacial score (nSPS) is 15.1. The van der Waals surface area contributed by atoms with Crippen molar-refractivity contribution >= 4 is 5.78 Å². The molecular formula is C7H8F6O2. The summed E-state index contributed by atoms with van der Waals surface area (Å²) in [5.41, 5.74) is 0. The molecule has 0 rings (SSSR count). The highest BCUT2D eigenvalue weighted by atomic mass is 19.4. The van der Waals surface area contributed by atoms with E-state index in [1.54, 1.807) is 0 Å². The molecule has 0 amide bonds. The number of hydrogen-bond acceptors (Lipinski definition) is 2. The lowest BCUT2D eigenvalue weighted by Gasteiger charge is -2.13. The van der Waals surface area contributed by atoms with Crippen molar-refractivity contribution in [2.75, 3.05) is 0 Å². The number of alkyl halides is 6. The summed E-state index contributed by atoms with van der Waals surface area (Å²) in [6.07, 6.45) is -16.3. The minimum Gasteiger partial charge on any atom is -0.383 e. The number of halogens is 6. The summed E-state index contributed by atoms with van der Waals surface area (Å²) in [5.74, 6) is -1.27. The number of rotatable bonds is 4. The largest absolute Gasteiger partial charge is 0.414 e. The van der Waals surface area contributed by atoms with Crippen LogP contribution < -0.4 is 0 Å². The molecule has 0 radical (unpaired) electrons. The molecule has 8 heteroatoms. The first-order valence-electron chi connectivity index (χ1n) is 3.85. The Morgan fingerprint density at radius 3 is 1.93 bits per heavy atom. The molecular weight excluding hydrogens is 230 g/mol. The summed E-state index contributed by atoms with van der Waals surface area (Å²) in [6.45, 7) is 0. The van der Waals surface area contributed by atoms with Crippen LogP contribution in [0, 0.1) is 0 Å². The van der Waals surface area contributed by atoms with Crippen LogP contribution in [0.25, 0.3) is 0 Å². The molecule has 0 aromatic heterocycles. The van der Waals surface area contributed by atoms with Gasteiger partial charge in [0, 0.05) is 12.8 Å². The van der Waals surface area contributed by atoms with E-state index in [1.807, 2.05) is 0 Å².